The van der Waals surface area contributed by atoms with Crippen LogP contribution in [0.25, 0.3) is 0 Å². The van der Waals surface area contributed by atoms with Gasteiger partial charge in [0.05, 0.1) is 19.8 Å². The highest BCUT2D eigenvalue weighted by Gasteiger charge is 2.57. The molecule has 0 aliphatic heterocycles. The quantitative estimate of drug-likeness (QED) is 0.218. The molecule has 6 heteroatoms. The highest BCUT2D eigenvalue weighted by atomic mass is 16.6. The summed E-state index contributed by atoms with van der Waals surface area (Å²) >= 11 is 0. The monoisotopic (exact) mass is 404 g/mol. The number of ether oxygens (including phenoxy) is 3. The molecule has 6 nitrogen and oxygen atoms in total. The minimum atomic E-state index is -1.36. The molecule has 1 saturated carbocycles. The van der Waals surface area contributed by atoms with Gasteiger partial charge in [0.1, 0.15) is 0 Å². The summed E-state index contributed by atoms with van der Waals surface area (Å²) in [7, 11) is 0. The molecule has 2 aliphatic rings. The van der Waals surface area contributed by atoms with Crippen LogP contribution in [0.5, 0.6) is 0 Å². The van der Waals surface area contributed by atoms with Crippen LogP contribution in [0, 0.1) is 11.3 Å². The van der Waals surface area contributed by atoms with Crippen molar-refractivity contribution in [3.63, 3.8) is 0 Å². The van der Waals surface area contributed by atoms with Gasteiger partial charge in [-0.3, -0.25) is 9.59 Å². The van der Waals surface area contributed by atoms with E-state index in [4.69, 9.17) is 14.2 Å². The molecule has 0 unspecified atom stereocenters. The lowest BCUT2D eigenvalue weighted by atomic mass is 9.83. The van der Waals surface area contributed by atoms with Crippen LogP contribution in [0.15, 0.2) is 34.4 Å². The average molecular weight is 405 g/mol. The summed E-state index contributed by atoms with van der Waals surface area (Å²) in [5.41, 5.74) is 2.97. The molecule has 0 amide bonds. The second-order valence-electron chi connectivity index (χ2n) is 7.59. The van der Waals surface area contributed by atoms with Crippen LogP contribution in [-0.4, -0.2) is 37.7 Å². The first-order valence-electron chi connectivity index (χ1n) is 10.3. The Bertz CT molecular complexity index is 752. The van der Waals surface area contributed by atoms with E-state index in [2.05, 4.69) is 6.58 Å². The molecule has 0 bridgehead atoms. The third-order valence-corrected chi connectivity index (χ3v) is 5.96. The number of hydrogen-bond acceptors (Lipinski definition) is 6. The molecule has 0 spiro atoms. The van der Waals surface area contributed by atoms with Crippen LogP contribution in [0.4, 0.5) is 0 Å². The zero-order chi connectivity index (χ0) is 21.8. The summed E-state index contributed by atoms with van der Waals surface area (Å²) in [6, 6.07) is 0. The van der Waals surface area contributed by atoms with Gasteiger partial charge in [0.15, 0.2) is 5.41 Å². The highest BCUT2D eigenvalue weighted by molar-refractivity contribution is 6.01. The summed E-state index contributed by atoms with van der Waals surface area (Å²) in [6.45, 7) is 13.8. The molecule has 0 heterocycles. The third-order valence-electron chi connectivity index (χ3n) is 5.96. The molecule has 2 rings (SSSR count). The summed E-state index contributed by atoms with van der Waals surface area (Å²) in [5.74, 6) is -1.55. The largest absolute Gasteiger partial charge is 0.465 e. The average Bonchev–Trinajstić information content (AvgIpc) is 3.06. The van der Waals surface area contributed by atoms with Gasteiger partial charge in [0.25, 0.3) is 0 Å². The van der Waals surface area contributed by atoms with E-state index in [9.17, 15) is 14.4 Å². The fourth-order valence-corrected chi connectivity index (χ4v) is 4.38. The summed E-state index contributed by atoms with van der Waals surface area (Å²) in [6.07, 6.45) is 1.88. The zero-order valence-corrected chi connectivity index (χ0v) is 18.2. The Morgan fingerprint density at radius 3 is 2.07 bits per heavy atom. The van der Waals surface area contributed by atoms with Crippen LogP contribution >= 0.6 is 0 Å². The van der Waals surface area contributed by atoms with E-state index in [0.29, 0.717) is 31.4 Å². The number of carbonyl (C=O) groups is 3. The lowest BCUT2D eigenvalue weighted by molar-refractivity contribution is -0.171. The topological polar surface area (TPSA) is 78.9 Å². The Morgan fingerprint density at radius 1 is 1.00 bits per heavy atom. The van der Waals surface area contributed by atoms with Gasteiger partial charge in [-0.25, -0.2) is 4.79 Å². The number of hydrogen-bond donors (Lipinski definition) is 0. The maximum atomic E-state index is 12.9. The second-order valence-corrected chi connectivity index (χ2v) is 7.59. The van der Waals surface area contributed by atoms with Crippen molar-refractivity contribution in [2.24, 2.45) is 11.3 Å². The Labute approximate surface area is 173 Å². The van der Waals surface area contributed by atoms with Crippen molar-refractivity contribution in [2.75, 3.05) is 19.8 Å². The van der Waals surface area contributed by atoms with Crippen molar-refractivity contribution in [2.45, 2.75) is 60.3 Å². The Hall–Kier alpha value is -2.37. The van der Waals surface area contributed by atoms with E-state index < -0.39 is 17.4 Å². The fourth-order valence-electron chi connectivity index (χ4n) is 4.38. The van der Waals surface area contributed by atoms with Crippen LogP contribution < -0.4 is 0 Å². The molecule has 0 aromatic rings. The van der Waals surface area contributed by atoms with Gasteiger partial charge in [-0.15, -0.1) is 0 Å². The molecule has 0 radical (unpaired) electrons. The smallest absolute Gasteiger partial charge is 0.333 e. The molecule has 1 fully saturated rings. The lowest BCUT2D eigenvalue weighted by Crippen LogP contribution is -2.40. The normalized spacial score (nSPS) is 22.5. The lowest BCUT2D eigenvalue weighted by Gasteiger charge is -2.25. The van der Waals surface area contributed by atoms with Crippen molar-refractivity contribution in [3.8, 4) is 0 Å². The first kappa shape index (κ1) is 22.9. The number of rotatable bonds is 6. The second kappa shape index (κ2) is 9.42. The zero-order valence-electron chi connectivity index (χ0n) is 18.2. The maximum Gasteiger partial charge on any atom is 0.333 e. The van der Waals surface area contributed by atoms with Crippen LogP contribution in [0.2, 0.25) is 0 Å². The van der Waals surface area contributed by atoms with Gasteiger partial charge in [0.2, 0.25) is 0 Å². The standard InChI is InChI=1S/C23H32O6/c1-7-27-20(24)16(6)17-11-10-14(4)18-12-23(21(25)28-8-2,22(26)29-9-3)13-19(18)15(17)5/h18H,4,7-13H2,1-3,5-6H3/b17-16+/t18-/m1/s1. The van der Waals surface area contributed by atoms with Gasteiger partial charge >= 0.3 is 17.9 Å². The number of allylic oxidation sites excluding steroid dienone is 4. The van der Waals surface area contributed by atoms with Crippen LogP contribution in [0.1, 0.15) is 60.3 Å². The fraction of sp³-hybridized carbons (Fsp3) is 0.609. The number of esters is 3. The molecular weight excluding hydrogens is 372 g/mol. The predicted molar refractivity (Wildman–Crippen MR) is 109 cm³/mol. The van der Waals surface area contributed by atoms with E-state index in [1.165, 1.54) is 0 Å². The van der Waals surface area contributed by atoms with Crippen molar-refractivity contribution in [1.29, 1.82) is 0 Å². The maximum absolute atomic E-state index is 12.9. The first-order valence-corrected chi connectivity index (χ1v) is 10.3. The van der Waals surface area contributed by atoms with Crippen molar-refractivity contribution in [1.82, 2.24) is 0 Å². The molecule has 0 saturated heterocycles. The van der Waals surface area contributed by atoms with Gasteiger partial charge in [-0.1, -0.05) is 17.7 Å². The van der Waals surface area contributed by atoms with E-state index >= 15 is 0 Å². The van der Waals surface area contributed by atoms with Crippen LogP contribution in [-0.2, 0) is 28.6 Å². The Kier molecular flexibility index (Phi) is 7.44. The first-order chi connectivity index (χ1) is 13.7. The molecule has 0 aromatic carbocycles. The molecule has 0 aromatic heterocycles. The van der Waals surface area contributed by atoms with Crippen molar-refractivity contribution >= 4 is 17.9 Å². The van der Waals surface area contributed by atoms with E-state index in [1.807, 2.05) is 6.92 Å². The van der Waals surface area contributed by atoms with Gasteiger partial charge in [0, 0.05) is 11.5 Å². The van der Waals surface area contributed by atoms with Crippen molar-refractivity contribution in [3.05, 3.63) is 34.4 Å². The Morgan fingerprint density at radius 2 is 1.55 bits per heavy atom. The van der Waals surface area contributed by atoms with E-state index in [0.717, 1.165) is 22.3 Å². The minimum Gasteiger partial charge on any atom is -0.465 e. The summed E-state index contributed by atoms with van der Waals surface area (Å²) in [4.78, 5) is 38.1. The predicted octanol–water partition coefficient (Wildman–Crippen LogP) is 4.06. The number of carbonyl (C=O) groups excluding carboxylic acids is 3. The molecule has 160 valence electrons. The van der Waals surface area contributed by atoms with Crippen molar-refractivity contribution < 1.29 is 28.6 Å². The highest BCUT2D eigenvalue weighted by Crippen LogP contribution is 2.54. The van der Waals surface area contributed by atoms with Gasteiger partial charge in [-0.2, -0.15) is 0 Å². The van der Waals surface area contributed by atoms with Crippen LogP contribution in [0.3, 0.4) is 0 Å². The summed E-state index contributed by atoms with van der Waals surface area (Å²) < 4.78 is 15.7. The van der Waals surface area contributed by atoms with Gasteiger partial charge < -0.3 is 14.2 Å². The third kappa shape index (κ3) is 4.31. The molecular formula is C23H32O6. The minimum absolute atomic E-state index is 0.115. The van der Waals surface area contributed by atoms with E-state index in [1.54, 1.807) is 27.7 Å². The van der Waals surface area contributed by atoms with E-state index in [-0.39, 0.29) is 31.5 Å². The molecule has 29 heavy (non-hydrogen) atoms. The molecule has 0 N–H and O–H groups in total. The summed E-state index contributed by atoms with van der Waals surface area (Å²) in [5, 5.41) is 0. The SMILES string of the molecule is C=C1CC/C(=C(/C)C(=O)OCC)C(C)=C2CC(C(=O)OCC)(C(=O)OCC)C[C@H]12. The Balaban J connectivity index is 2.58. The van der Waals surface area contributed by atoms with Gasteiger partial charge in [-0.05, 0) is 71.4 Å². The number of fused-ring (bicyclic) bond motifs is 1. The molecule has 1 atom stereocenters. The molecule has 2 aliphatic carbocycles.